The SMILES string of the molecule is CCC(C(=O)O)c1nc2cccc(Cl)c2o1. The third-order valence-electron chi connectivity index (χ3n) is 2.39. The van der Waals surface area contributed by atoms with Gasteiger partial charge in [-0.05, 0) is 18.6 Å². The normalized spacial score (nSPS) is 12.9. The van der Waals surface area contributed by atoms with E-state index in [9.17, 15) is 4.79 Å². The summed E-state index contributed by atoms with van der Waals surface area (Å²) in [4.78, 5) is 15.1. The molecule has 5 heteroatoms. The third-order valence-corrected chi connectivity index (χ3v) is 2.69. The van der Waals surface area contributed by atoms with Gasteiger partial charge in [-0.3, -0.25) is 4.79 Å². The molecule has 0 bridgehead atoms. The van der Waals surface area contributed by atoms with E-state index in [0.717, 1.165) is 0 Å². The van der Waals surface area contributed by atoms with Gasteiger partial charge in [0.25, 0.3) is 0 Å². The number of hydrogen-bond donors (Lipinski definition) is 1. The van der Waals surface area contributed by atoms with Crippen molar-refractivity contribution in [3.8, 4) is 0 Å². The number of aromatic nitrogens is 1. The standard InChI is InChI=1S/C11H10ClNO3/c1-2-6(11(14)15)10-13-8-5-3-4-7(12)9(8)16-10/h3-6H,2H2,1H3,(H,14,15). The summed E-state index contributed by atoms with van der Waals surface area (Å²) in [6, 6.07) is 5.17. The van der Waals surface area contributed by atoms with Gasteiger partial charge in [-0.2, -0.15) is 0 Å². The van der Waals surface area contributed by atoms with Crippen molar-refractivity contribution in [3.05, 3.63) is 29.1 Å². The molecule has 0 aliphatic heterocycles. The van der Waals surface area contributed by atoms with E-state index in [-0.39, 0.29) is 5.89 Å². The monoisotopic (exact) mass is 239 g/mol. The fourth-order valence-corrected chi connectivity index (χ4v) is 1.74. The molecule has 84 valence electrons. The summed E-state index contributed by atoms with van der Waals surface area (Å²) in [6.45, 7) is 1.77. The number of aliphatic carboxylic acids is 1. The second-order valence-corrected chi connectivity index (χ2v) is 3.85. The lowest BCUT2D eigenvalue weighted by molar-refractivity contribution is -0.139. The van der Waals surface area contributed by atoms with E-state index in [1.807, 2.05) is 0 Å². The Morgan fingerprint density at radius 2 is 2.38 bits per heavy atom. The van der Waals surface area contributed by atoms with Gasteiger partial charge in [0.05, 0.1) is 5.02 Å². The first kappa shape index (κ1) is 11.0. The van der Waals surface area contributed by atoms with Crippen LogP contribution in [0.3, 0.4) is 0 Å². The fraction of sp³-hybridized carbons (Fsp3) is 0.273. The number of halogens is 1. The summed E-state index contributed by atoms with van der Waals surface area (Å²) >= 11 is 5.92. The third kappa shape index (κ3) is 1.76. The number of benzene rings is 1. The van der Waals surface area contributed by atoms with Crippen molar-refractivity contribution in [1.29, 1.82) is 0 Å². The highest BCUT2D eigenvalue weighted by atomic mass is 35.5. The van der Waals surface area contributed by atoms with Gasteiger partial charge in [-0.1, -0.05) is 24.6 Å². The zero-order valence-corrected chi connectivity index (χ0v) is 9.36. The molecule has 0 aliphatic carbocycles. The van der Waals surface area contributed by atoms with Crippen LogP contribution in [0.2, 0.25) is 5.02 Å². The van der Waals surface area contributed by atoms with Gasteiger partial charge < -0.3 is 9.52 Å². The van der Waals surface area contributed by atoms with Crippen LogP contribution in [0.5, 0.6) is 0 Å². The van der Waals surface area contributed by atoms with E-state index < -0.39 is 11.9 Å². The van der Waals surface area contributed by atoms with Gasteiger partial charge in [0.2, 0.25) is 5.89 Å². The van der Waals surface area contributed by atoms with Crippen molar-refractivity contribution in [2.75, 3.05) is 0 Å². The maximum Gasteiger partial charge on any atom is 0.315 e. The van der Waals surface area contributed by atoms with Crippen LogP contribution in [0.15, 0.2) is 22.6 Å². The molecule has 16 heavy (non-hydrogen) atoms. The van der Waals surface area contributed by atoms with Crippen molar-refractivity contribution < 1.29 is 14.3 Å². The molecule has 2 rings (SSSR count). The van der Waals surface area contributed by atoms with Gasteiger partial charge >= 0.3 is 5.97 Å². The largest absolute Gasteiger partial charge is 0.481 e. The number of nitrogens with zero attached hydrogens (tertiary/aromatic N) is 1. The predicted octanol–water partition coefficient (Wildman–Crippen LogP) is 3.06. The molecule has 2 aromatic rings. The van der Waals surface area contributed by atoms with E-state index in [1.54, 1.807) is 25.1 Å². The van der Waals surface area contributed by atoms with Crippen LogP contribution < -0.4 is 0 Å². The zero-order chi connectivity index (χ0) is 11.7. The molecule has 0 amide bonds. The molecule has 1 unspecified atom stereocenters. The smallest absolute Gasteiger partial charge is 0.315 e. The average molecular weight is 240 g/mol. The minimum Gasteiger partial charge on any atom is -0.481 e. The highest BCUT2D eigenvalue weighted by Crippen LogP contribution is 2.28. The molecule has 1 N–H and O–H groups in total. The second kappa shape index (κ2) is 4.14. The van der Waals surface area contributed by atoms with E-state index >= 15 is 0 Å². The fourth-order valence-electron chi connectivity index (χ4n) is 1.54. The molecule has 0 saturated carbocycles. The van der Waals surface area contributed by atoms with Crippen molar-refractivity contribution in [3.63, 3.8) is 0 Å². The summed E-state index contributed by atoms with van der Waals surface area (Å²) in [5, 5.41) is 9.43. The minimum atomic E-state index is -0.940. The Labute approximate surface area is 96.8 Å². The summed E-state index contributed by atoms with van der Waals surface area (Å²) in [5.74, 6) is -1.45. The lowest BCUT2D eigenvalue weighted by Crippen LogP contribution is -2.10. The van der Waals surface area contributed by atoms with Crippen LogP contribution >= 0.6 is 11.6 Å². The van der Waals surface area contributed by atoms with Crippen molar-refractivity contribution in [2.45, 2.75) is 19.3 Å². The molecule has 4 nitrogen and oxygen atoms in total. The summed E-state index contributed by atoms with van der Waals surface area (Å²) in [6.07, 6.45) is 0.430. The zero-order valence-electron chi connectivity index (χ0n) is 8.61. The highest BCUT2D eigenvalue weighted by Gasteiger charge is 2.24. The maximum absolute atomic E-state index is 11.0. The molecule has 1 heterocycles. The van der Waals surface area contributed by atoms with E-state index in [0.29, 0.717) is 22.5 Å². The van der Waals surface area contributed by atoms with Gasteiger partial charge in [0, 0.05) is 0 Å². The summed E-state index contributed by atoms with van der Waals surface area (Å²) in [5.41, 5.74) is 1.03. The van der Waals surface area contributed by atoms with Crippen LogP contribution in [0.4, 0.5) is 0 Å². The van der Waals surface area contributed by atoms with E-state index in [4.69, 9.17) is 21.1 Å². The van der Waals surface area contributed by atoms with E-state index in [2.05, 4.69) is 4.98 Å². The molecular weight excluding hydrogens is 230 g/mol. The van der Waals surface area contributed by atoms with Gasteiger partial charge in [-0.15, -0.1) is 0 Å². The number of fused-ring (bicyclic) bond motifs is 1. The first-order valence-electron chi connectivity index (χ1n) is 4.91. The Hall–Kier alpha value is -1.55. The topological polar surface area (TPSA) is 63.3 Å². The maximum atomic E-state index is 11.0. The molecule has 0 saturated heterocycles. The predicted molar refractivity (Wildman–Crippen MR) is 59.7 cm³/mol. The minimum absolute atomic E-state index is 0.207. The van der Waals surface area contributed by atoms with Crippen LogP contribution in [0.25, 0.3) is 11.1 Å². The number of carboxylic acids is 1. The Bertz CT molecular complexity index is 535. The average Bonchev–Trinajstić information content (AvgIpc) is 2.63. The highest BCUT2D eigenvalue weighted by molar-refractivity contribution is 6.34. The molecule has 1 aromatic heterocycles. The van der Waals surface area contributed by atoms with Crippen LogP contribution in [0, 0.1) is 0 Å². The number of oxazole rings is 1. The van der Waals surface area contributed by atoms with Gasteiger partial charge in [0.1, 0.15) is 11.4 Å². The summed E-state index contributed by atoms with van der Waals surface area (Å²) in [7, 11) is 0. The number of carbonyl (C=O) groups is 1. The molecule has 0 radical (unpaired) electrons. The summed E-state index contributed by atoms with van der Waals surface area (Å²) < 4.78 is 5.39. The van der Waals surface area contributed by atoms with Crippen molar-refractivity contribution >= 4 is 28.7 Å². The Balaban J connectivity index is 2.54. The van der Waals surface area contributed by atoms with Crippen LogP contribution in [0.1, 0.15) is 25.2 Å². The van der Waals surface area contributed by atoms with Gasteiger partial charge in [0.15, 0.2) is 5.58 Å². The van der Waals surface area contributed by atoms with Crippen LogP contribution in [-0.4, -0.2) is 16.1 Å². The quantitative estimate of drug-likeness (QED) is 0.894. The Morgan fingerprint density at radius 3 is 2.94 bits per heavy atom. The molecule has 1 atom stereocenters. The molecule has 1 aromatic carbocycles. The number of hydrogen-bond acceptors (Lipinski definition) is 3. The van der Waals surface area contributed by atoms with Crippen molar-refractivity contribution in [2.24, 2.45) is 0 Å². The number of para-hydroxylation sites is 1. The van der Waals surface area contributed by atoms with E-state index in [1.165, 1.54) is 0 Å². The molecule has 0 fully saturated rings. The lowest BCUT2D eigenvalue weighted by Gasteiger charge is -2.02. The Kier molecular flexibility index (Phi) is 2.83. The number of rotatable bonds is 3. The number of carboxylic acid groups (broad SMARTS) is 1. The molecule has 0 spiro atoms. The Morgan fingerprint density at radius 1 is 1.62 bits per heavy atom. The van der Waals surface area contributed by atoms with Crippen LogP contribution in [-0.2, 0) is 4.79 Å². The first-order chi connectivity index (χ1) is 7.63. The lowest BCUT2D eigenvalue weighted by atomic mass is 10.1. The molecule has 0 aliphatic rings. The first-order valence-corrected chi connectivity index (χ1v) is 5.29. The van der Waals surface area contributed by atoms with Gasteiger partial charge in [-0.25, -0.2) is 4.98 Å². The van der Waals surface area contributed by atoms with Crippen molar-refractivity contribution in [1.82, 2.24) is 4.98 Å². The second-order valence-electron chi connectivity index (χ2n) is 3.44. The molecular formula is C11H10ClNO3.